The van der Waals surface area contributed by atoms with Gasteiger partial charge in [0.15, 0.2) is 5.16 Å². The summed E-state index contributed by atoms with van der Waals surface area (Å²) in [5.74, 6) is 6.67. The Hall–Kier alpha value is -1.52. The van der Waals surface area contributed by atoms with E-state index in [1.807, 2.05) is 25.1 Å². The van der Waals surface area contributed by atoms with Crippen LogP contribution in [-0.4, -0.2) is 29.3 Å². The topological polar surface area (TPSA) is 90.9 Å². The Bertz CT molecular complexity index is 393. The number of hydrazine groups is 1. The molecule has 7 heteroatoms. The van der Waals surface area contributed by atoms with Crippen LogP contribution in [0.1, 0.15) is 13.3 Å². The Kier molecular flexibility index (Phi) is 5.00. The van der Waals surface area contributed by atoms with E-state index < -0.39 is 0 Å². The molecule has 0 aliphatic rings. The summed E-state index contributed by atoms with van der Waals surface area (Å²) in [6.45, 7) is 1.97. The van der Waals surface area contributed by atoms with Crippen LogP contribution in [-0.2, 0) is 0 Å². The van der Waals surface area contributed by atoms with E-state index in [9.17, 15) is 0 Å². The Labute approximate surface area is 105 Å². The molecule has 3 N–H and O–H groups in total. The Morgan fingerprint density at radius 2 is 2.35 bits per heavy atom. The summed E-state index contributed by atoms with van der Waals surface area (Å²) in [6.07, 6.45) is 2.35. The predicted molar refractivity (Wildman–Crippen MR) is 69.7 cm³/mol. The van der Waals surface area contributed by atoms with Crippen molar-refractivity contribution >= 4 is 23.4 Å². The Morgan fingerprint density at radius 1 is 1.65 bits per heavy atom. The molecule has 0 spiro atoms. The summed E-state index contributed by atoms with van der Waals surface area (Å²) >= 11 is 1.45. The predicted octanol–water partition coefficient (Wildman–Crippen LogP) is 1.22. The van der Waals surface area contributed by atoms with Crippen molar-refractivity contribution in [3.05, 3.63) is 6.07 Å². The number of aromatic nitrogens is 2. The van der Waals surface area contributed by atoms with Crippen molar-refractivity contribution in [3.63, 3.8) is 0 Å². The first kappa shape index (κ1) is 13.5. The van der Waals surface area contributed by atoms with Crippen molar-refractivity contribution in [1.29, 1.82) is 5.26 Å². The highest BCUT2D eigenvalue weighted by Crippen LogP contribution is 2.20. The number of hydrogen-bond acceptors (Lipinski definition) is 7. The van der Waals surface area contributed by atoms with Crippen LogP contribution in [0.3, 0.4) is 0 Å². The van der Waals surface area contributed by atoms with E-state index in [1.165, 1.54) is 11.8 Å². The molecule has 1 heterocycles. The van der Waals surface area contributed by atoms with E-state index in [0.717, 1.165) is 5.82 Å². The summed E-state index contributed by atoms with van der Waals surface area (Å²) in [5.41, 5.74) is 2.51. The number of thioether (sulfide) groups is 1. The monoisotopic (exact) mass is 252 g/mol. The van der Waals surface area contributed by atoms with Gasteiger partial charge in [-0.1, -0.05) is 11.8 Å². The average molecular weight is 252 g/mol. The third kappa shape index (κ3) is 3.47. The van der Waals surface area contributed by atoms with E-state index in [4.69, 9.17) is 11.1 Å². The van der Waals surface area contributed by atoms with E-state index in [0.29, 0.717) is 17.4 Å². The minimum atomic E-state index is 0.0928. The molecule has 0 bridgehead atoms. The molecule has 0 fully saturated rings. The minimum Gasteiger partial charge on any atom is -0.356 e. The Morgan fingerprint density at radius 3 is 2.88 bits per heavy atom. The van der Waals surface area contributed by atoms with Crippen LogP contribution in [0.5, 0.6) is 0 Å². The van der Waals surface area contributed by atoms with Crippen molar-refractivity contribution in [2.45, 2.75) is 24.5 Å². The van der Waals surface area contributed by atoms with Crippen LogP contribution < -0.4 is 16.2 Å². The second kappa shape index (κ2) is 6.27. The van der Waals surface area contributed by atoms with Crippen molar-refractivity contribution in [3.8, 4) is 6.07 Å². The number of anilines is 2. The zero-order chi connectivity index (χ0) is 12.8. The maximum atomic E-state index is 8.69. The molecule has 0 radical (unpaired) electrons. The van der Waals surface area contributed by atoms with E-state index in [1.54, 1.807) is 6.07 Å². The number of hydrogen-bond donors (Lipinski definition) is 2. The summed E-state index contributed by atoms with van der Waals surface area (Å²) in [4.78, 5) is 10.5. The van der Waals surface area contributed by atoms with E-state index in [-0.39, 0.29) is 6.04 Å². The zero-order valence-corrected chi connectivity index (χ0v) is 11.0. The quantitative estimate of drug-likeness (QED) is 0.352. The van der Waals surface area contributed by atoms with Gasteiger partial charge in [-0.3, -0.25) is 0 Å². The SMILES string of the molecule is CSc1nc(NN)cc(N(C)C(C)CC#N)n1. The van der Waals surface area contributed by atoms with E-state index >= 15 is 0 Å². The van der Waals surface area contributed by atoms with Gasteiger partial charge in [0.05, 0.1) is 12.5 Å². The first-order chi connectivity index (χ1) is 8.12. The molecule has 0 saturated carbocycles. The molecule has 92 valence electrons. The Balaban J connectivity index is 3.00. The summed E-state index contributed by atoms with van der Waals surface area (Å²) in [7, 11) is 1.90. The van der Waals surface area contributed by atoms with Crippen LogP contribution in [0, 0.1) is 11.3 Å². The molecule has 0 aromatic carbocycles. The van der Waals surface area contributed by atoms with Crippen LogP contribution in [0.4, 0.5) is 11.6 Å². The number of nitrogen functional groups attached to an aromatic ring is 1. The van der Waals surface area contributed by atoms with Crippen molar-refractivity contribution < 1.29 is 0 Å². The highest BCUT2D eigenvalue weighted by Gasteiger charge is 2.13. The molecule has 1 unspecified atom stereocenters. The molecule has 1 aromatic heterocycles. The lowest BCUT2D eigenvalue weighted by Crippen LogP contribution is -2.29. The lowest BCUT2D eigenvalue weighted by molar-refractivity contribution is 0.687. The number of nitriles is 1. The van der Waals surface area contributed by atoms with Crippen LogP contribution in [0.25, 0.3) is 0 Å². The fourth-order valence-corrected chi connectivity index (χ4v) is 1.63. The largest absolute Gasteiger partial charge is 0.356 e. The maximum absolute atomic E-state index is 8.69. The van der Waals surface area contributed by atoms with Crippen LogP contribution in [0.15, 0.2) is 11.2 Å². The van der Waals surface area contributed by atoms with Crippen LogP contribution >= 0.6 is 11.8 Å². The molecule has 17 heavy (non-hydrogen) atoms. The lowest BCUT2D eigenvalue weighted by atomic mass is 10.2. The molecule has 0 saturated heterocycles. The smallest absolute Gasteiger partial charge is 0.191 e. The van der Waals surface area contributed by atoms with Gasteiger partial charge in [0.2, 0.25) is 0 Å². The molecule has 0 aliphatic carbocycles. The summed E-state index contributed by atoms with van der Waals surface area (Å²) in [6, 6.07) is 4.00. The zero-order valence-electron chi connectivity index (χ0n) is 10.1. The third-order valence-corrected chi connectivity index (χ3v) is 2.98. The highest BCUT2D eigenvalue weighted by atomic mass is 32.2. The standard InChI is InChI=1S/C10H16N6S/c1-7(4-5-11)16(2)9-6-8(15-12)13-10(14-9)17-3/h6-7H,4,12H2,1-3H3,(H,13,14,15). The second-order valence-corrected chi connectivity index (χ2v) is 4.34. The number of nitrogens with zero attached hydrogens (tertiary/aromatic N) is 4. The van der Waals surface area contributed by atoms with Gasteiger partial charge in [0, 0.05) is 19.2 Å². The lowest BCUT2D eigenvalue weighted by Gasteiger charge is -2.24. The average Bonchev–Trinajstić information content (AvgIpc) is 2.37. The van der Waals surface area contributed by atoms with Gasteiger partial charge in [-0.2, -0.15) is 5.26 Å². The van der Waals surface area contributed by atoms with E-state index in [2.05, 4.69) is 21.5 Å². The second-order valence-electron chi connectivity index (χ2n) is 3.56. The normalized spacial score (nSPS) is 11.7. The molecule has 0 amide bonds. The molecular weight excluding hydrogens is 236 g/mol. The summed E-state index contributed by atoms with van der Waals surface area (Å²) in [5, 5.41) is 9.33. The van der Waals surface area contributed by atoms with Gasteiger partial charge in [-0.15, -0.1) is 0 Å². The van der Waals surface area contributed by atoms with Gasteiger partial charge in [-0.05, 0) is 13.2 Å². The number of nitrogens with one attached hydrogen (secondary N) is 1. The number of nitrogens with two attached hydrogens (primary N) is 1. The van der Waals surface area contributed by atoms with Gasteiger partial charge >= 0.3 is 0 Å². The van der Waals surface area contributed by atoms with Crippen molar-refractivity contribution in [2.75, 3.05) is 23.6 Å². The molecule has 0 aliphatic heterocycles. The molecular formula is C10H16N6S. The summed E-state index contributed by atoms with van der Waals surface area (Å²) < 4.78 is 0. The van der Waals surface area contributed by atoms with Crippen molar-refractivity contribution in [2.24, 2.45) is 5.84 Å². The van der Waals surface area contributed by atoms with Gasteiger partial charge in [-0.25, -0.2) is 15.8 Å². The van der Waals surface area contributed by atoms with Gasteiger partial charge in [0.1, 0.15) is 11.6 Å². The fraction of sp³-hybridized carbons (Fsp3) is 0.500. The number of rotatable bonds is 5. The molecule has 1 aromatic rings. The van der Waals surface area contributed by atoms with Crippen molar-refractivity contribution in [1.82, 2.24) is 9.97 Å². The molecule has 1 rings (SSSR count). The molecule has 1 atom stereocenters. The fourth-order valence-electron chi connectivity index (χ4n) is 1.25. The van der Waals surface area contributed by atoms with Crippen LogP contribution in [0.2, 0.25) is 0 Å². The van der Waals surface area contributed by atoms with Gasteiger partial charge < -0.3 is 10.3 Å². The maximum Gasteiger partial charge on any atom is 0.191 e. The first-order valence-electron chi connectivity index (χ1n) is 5.11. The third-order valence-electron chi connectivity index (χ3n) is 2.43. The first-order valence-corrected chi connectivity index (χ1v) is 6.34. The minimum absolute atomic E-state index is 0.0928. The highest BCUT2D eigenvalue weighted by molar-refractivity contribution is 7.98. The molecule has 6 nitrogen and oxygen atoms in total. The van der Waals surface area contributed by atoms with Gasteiger partial charge in [0.25, 0.3) is 0 Å².